The summed E-state index contributed by atoms with van der Waals surface area (Å²) in [7, 11) is 0. The molecule has 7 heteroatoms. The number of carbonyl (C=O) groups is 1. The van der Waals surface area contributed by atoms with Gasteiger partial charge in [-0.3, -0.25) is 9.78 Å². The van der Waals surface area contributed by atoms with Crippen LogP contribution in [0.25, 0.3) is 0 Å². The monoisotopic (exact) mass is 333 g/mol. The molecular weight excluding hydrogens is 316 g/mol. The molecule has 1 aliphatic rings. The molecule has 3 rings (SSSR count). The van der Waals surface area contributed by atoms with Crippen LogP contribution >= 0.6 is 0 Å². The van der Waals surface area contributed by atoms with Crippen molar-refractivity contribution in [3.63, 3.8) is 0 Å². The van der Waals surface area contributed by atoms with Crippen molar-refractivity contribution < 1.29 is 18.3 Å². The van der Waals surface area contributed by atoms with Crippen molar-refractivity contribution in [2.75, 3.05) is 26.2 Å². The van der Waals surface area contributed by atoms with Gasteiger partial charge in [-0.1, -0.05) is 6.07 Å². The number of piperazine rings is 1. The zero-order chi connectivity index (χ0) is 16.9. The molecule has 2 aromatic rings. The van der Waals surface area contributed by atoms with E-state index in [4.69, 9.17) is 4.74 Å². The summed E-state index contributed by atoms with van der Waals surface area (Å²) in [6, 6.07) is 6.56. The summed E-state index contributed by atoms with van der Waals surface area (Å²) >= 11 is 0. The van der Waals surface area contributed by atoms with Crippen LogP contribution in [-0.2, 0) is 4.79 Å². The van der Waals surface area contributed by atoms with E-state index in [1.165, 1.54) is 6.07 Å². The summed E-state index contributed by atoms with van der Waals surface area (Å²) in [5, 5.41) is 3.24. The SMILES string of the molecule is O=C(COc1ccc(F)cc1F)N1CCNCC1c1cccnc1. The summed E-state index contributed by atoms with van der Waals surface area (Å²) in [5.41, 5.74) is 0.922. The first-order valence-corrected chi connectivity index (χ1v) is 7.63. The number of hydrogen-bond acceptors (Lipinski definition) is 4. The van der Waals surface area contributed by atoms with E-state index in [9.17, 15) is 13.6 Å². The van der Waals surface area contributed by atoms with Crippen LogP contribution in [0, 0.1) is 11.6 Å². The highest BCUT2D eigenvalue weighted by Crippen LogP contribution is 2.22. The molecule has 24 heavy (non-hydrogen) atoms. The van der Waals surface area contributed by atoms with Crippen molar-refractivity contribution in [2.24, 2.45) is 0 Å². The molecule has 0 saturated carbocycles. The number of nitrogens with zero attached hydrogens (tertiary/aromatic N) is 2. The van der Waals surface area contributed by atoms with E-state index in [2.05, 4.69) is 10.3 Å². The van der Waals surface area contributed by atoms with E-state index in [1.54, 1.807) is 17.3 Å². The van der Waals surface area contributed by atoms with Crippen LogP contribution in [0.1, 0.15) is 11.6 Å². The molecular formula is C17H17F2N3O2. The van der Waals surface area contributed by atoms with Crippen LogP contribution in [-0.4, -0.2) is 42.0 Å². The highest BCUT2D eigenvalue weighted by atomic mass is 19.1. The predicted molar refractivity (Wildman–Crippen MR) is 83.4 cm³/mol. The van der Waals surface area contributed by atoms with E-state index < -0.39 is 11.6 Å². The molecule has 1 aliphatic heterocycles. The summed E-state index contributed by atoms with van der Waals surface area (Å²) in [4.78, 5) is 18.3. The number of hydrogen-bond donors (Lipinski definition) is 1. The summed E-state index contributed by atoms with van der Waals surface area (Å²) in [6.07, 6.45) is 3.39. The van der Waals surface area contributed by atoms with Crippen LogP contribution in [0.4, 0.5) is 8.78 Å². The molecule has 0 bridgehead atoms. The second-order valence-corrected chi connectivity index (χ2v) is 5.46. The molecule has 1 atom stereocenters. The zero-order valence-corrected chi connectivity index (χ0v) is 12.9. The number of halogens is 2. The Labute approximate surface area is 138 Å². The van der Waals surface area contributed by atoms with Crippen LogP contribution < -0.4 is 10.1 Å². The van der Waals surface area contributed by atoms with Gasteiger partial charge in [0.1, 0.15) is 5.82 Å². The number of amides is 1. The van der Waals surface area contributed by atoms with Gasteiger partial charge in [-0.25, -0.2) is 8.78 Å². The Morgan fingerprint density at radius 1 is 1.38 bits per heavy atom. The summed E-state index contributed by atoms with van der Waals surface area (Å²) < 4.78 is 31.7. The molecule has 1 aromatic carbocycles. The molecule has 5 nitrogen and oxygen atoms in total. The summed E-state index contributed by atoms with van der Waals surface area (Å²) in [6.45, 7) is 1.50. The average Bonchev–Trinajstić information content (AvgIpc) is 2.61. The number of benzene rings is 1. The van der Waals surface area contributed by atoms with Crippen molar-refractivity contribution in [2.45, 2.75) is 6.04 Å². The molecule has 1 amide bonds. The fourth-order valence-corrected chi connectivity index (χ4v) is 2.69. The van der Waals surface area contributed by atoms with E-state index >= 15 is 0 Å². The lowest BCUT2D eigenvalue weighted by molar-refractivity contribution is -0.136. The third kappa shape index (κ3) is 3.68. The quantitative estimate of drug-likeness (QED) is 0.929. The number of nitrogens with one attached hydrogen (secondary N) is 1. The van der Waals surface area contributed by atoms with Gasteiger partial charge in [0, 0.05) is 38.1 Å². The Bertz CT molecular complexity index is 712. The number of ether oxygens (including phenoxy) is 1. The van der Waals surface area contributed by atoms with Crippen molar-refractivity contribution in [3.8, 4) is 5.75 Å². The Balaban J connectivity index is 1.68. The minimum atomic E-state index is -0.827. The van der Waals surface area contributed by atoms with Crippen LogP contribution in [0.5, 0.6) is 5.75 Å². The number of aromatic nitrogens is 1. The fraction of sp³-hybridized carbons (Fsp3) is 0.294. The maximum absolute atomic E-state index is 13.6. The van der Waals surface area contributed by atoms with Gasteiger partial charge in [0.25, 0.3) is 5.91 Å². The topological polar surface area (TPSA) is 54.5 Å². The zero-order valence-electron chi connectivity index (χ0n) is 12.9. The largest absolute Gasteiger partial charge is 0.481 e. The van der Waals surface area contributed by atoms with E-state index in [0.717, 1.165) is 17.7 Å². The maximum Gasteiger partial charge on any atom is 0.261 e. The highest BCUT2D eigenvalue weighted by molar-refractivity contribution is 5.78. The van der Waals surface area contributed by atoms with E-state index in [1.807, 2.05) is 12.1 Å². The Hall–Kier alpha value is -2.54. The molecule has 1 aromatic heterocycles. The molecule has 0 spiro atoms. The lowest BCUT2D eigenvalue weighted by Crippen LogP contribution is -2.50. The second kappa shape index (κ2) is 7.35. The third-order valence-corrected chi connectivity index (χ3v) is 3.88. The van der Waals surface area contributed by atoms with Gasteiger partial charge < -0.3 is 15.0 Å². The molecule has 1 saturated heterocycles. The van der Waals surface area contributed by atoms with E-state index in [0.29, 0.717) is 19.6 Å². The molecule has 0 aliphatic carbocycles. The molecule has 0 radical (unpaired) electrons. The fourth-order valence-electron chi connectivity index (χ4n) is 2.69. The van der Waals surface area contributed by atoms with Crippen LogP contribution in [0.3, 0.4) is 0 Å². The molecule has 1 fully saturated rings. The van der Waals surface area contributed by atoms with Gasteiger partial charge >= 0.3 is 0 Å². The van der Waals surface area contributed by atoms with Crippen molar-refractivity contribution >= 4 is 5.91 Å². The third-order valence-electron chi connectivity index (χ3n) is 3.88. The molecule has 126 valence electrons. The van der Waals surface area contributed by atoms with Gasteiger partial charge in [-0.2, -0.15) is 0 Å². The average molecular weight is 333 g/mol. The minimum absolute atomic E-state index is 0.141. The first-order chi connectivity index (χ1) is 11.6. The van der Waals surface area contributed by atoms with Crippen molar-refractivity contribution in [1.82, 2.24) is 15.2 Å². The Morgan fingerprint density at radius 3 is 3.00 bits per heavy atom. The number of rotatable bonds is 4. The molecule has 1 unspecified atom stereocenters. The second-order valence-electron chi connectivity index (χ2n) is 5.46. The van der Waals surface area contributed by atoms with Gasteiger partial charge in [0.15, 0.2) is 18.2 Å². The van der Waals surface area contributed by atoms with Crippen LogP contribution in [0.2, 0.25) is 0 Å². The normalized spacial score (nSPS) is 17.6. The van der Waals surface area contributed by atoms with Gasteiger partial charge in [0.2, 0.25) is 0 Å². The number of carbonyl (C=O) groups excluding carboxylic acids is 1. The minimum Gasteiger partial charge on any atom is -0.481 e. The summed E-state index contributed by atoms with van der Waals surface area (Å²) in [5.74, 6) is -1.91. The number of pyridine rings is 1. The van der Waals surface area contributed by atoms with Gasteiger partial charge in [0.05, 0.1) is 6.04 Å². The molecule has 1 N–H and O–H groups in total. The van der Waals surface area contributed by atoms with Crippen LogP contribution in [0.15, 0.2) is 42.7 Å². The lowest BCUT2D eigenvalue weighted by atomic mass is 10.1. The first kappa shape index (κ1) is 16.3. The molecule has 2 heterocycles. The van der Waals surface area contributed by atoms with Gasteiger partial charge in [-0.05, 0) is 23.8 Å². The van der Waals surface area contributed by atoms with Crippen molar-refractivity contribution in [1.29, 1.82) is 0 Å². The highest BCUT2D eigenvalue weighted by Gasteiger charge is 2.28. The maximum atomic E-state index is 13.6. The predicted octanol–water partition coefficient (Wildman–Crippen LogP) is 1.91. The smallest absolute Gasteiger partial charge is 0.261 e. The Kier molecular flexibility index (Phi) is 5.00. The first-order valence-electron chi connectivity index (χ1n) is 7.63. The Morgan fingerprint density at radius 2 is 2.25 bits per heavy atom. The van der Waals surface area contributed by atoms with Gasteiger partial charge in [-0.15, -0.1) is 0 Å². The standard InChI is InChI=1S/C17H17F2N3O2/c18-13-3-4-16(14(19)8-13)24-11-17(23)22-7-6-21-10-15(22)12-2-1-5-20-9-12/h1-5,8-9,15,21H,6-7,10-11H2. The lowest BCUT2D eigenvalue weighted by Gasteiger charge is -2.36. The van der Waals surface area contributed by atoms with Crippen molar-refractivity contribution in [3.05, 3.63) is 59.9 Å². The van der Waals surface area contributed by atoms with E-state index in [-0.39, 0.29) is 24.3 Å².